The average Bonchev–Trinajstić information content (AvgIpc) is 2.62. The number of nitrogens with zero attached hydrogens (tertiary/aromatic N) is 1. The molecule has 0 saturated heterocycles. The molecule has 0 aliphatic heterocycles. The van der Waals surface area contributed by atoms with Crippen molar-refractivity contribution in [2.45, 2.75) is 13.8 Å². The molecule has 3 nitrogen and oxygen atoms in total. The first-order valence-corrected chi connectivity index (χ1v) is 8.06. The summed E-state index contributed by atoms with van der Waals surface area (Å²) in [5.74, 6) is -0.404. The highest BCUT2D eigenvalue weighted by molar-refractivity contribution is 6.10. The molecule has 0 spiro atoms. The average molecular weight is 326 g/mol. The van der Waals surface area contributed by atoms with Crippen LogP contribution < -0.4 is 5.32 Å². The number of nitriles is 1. The number of aryl methyl sites for hydroxylation is 2. The Balaban J connectivity index is 1.93. The zero-order valence-corrected chi connectivity index (χ0v) is 14.2. The van der Waals surface area contributed by atoms with Crippen molar-refractivity contribution in [2.75, 3.05) is 5.32 Å². The van der Waals surface area contributed by atoms with E-state index >= 15 is 0 Å². The van der Waals surface area contributed by atoms with Gasteiger partial charge in [-0.1, -0.05) is 48.5 Å². The van der Waals surface area contributed by atoms with Crippen molar-refractivity contribution in [3.8, 4) is 6.07 Å². The molecule has 0 bridgehead atoms. The molecule has 0 aromatic heterocycles. The highest BCUT2D eigenvalue weighted by atomic mass is 16.1. The summed E-state index contributed by atoms with van der Waals surface area (Å²) in [6.07, 6.45) is 1.64. The molecule has 0 aliphatic carbocycles. The van der Waals surface area contributed by atoms with Crippen LogP contribution in [-0.4, -0.2) is 5.91 Å². The van der Waals surface area contributed by atoms with Crippen LogP contribution in [0.4, 0.5) is 5.69 Å². The Kier molecular flexibility index (Phi) is 4.63. The molecule has 3 heteroatoms. The standard InChI is InChI=1S/C22H18N2O/c1-15-10-11-20(12-16(15)2)24-22(25)19(14-23)13-18-8-5-7-17-6-3-4-9-21(17)18/h3-13H,1-2H3,(H,24,25). The summed E-state index contributed by atoms with van der Waals surface area (Å²) in [7, 11) is 0. The van der Waals surface area contributed by atoms with E-state index in [1.807, 2.05) is 80.6 Å². The molecule has 0 heterocycles. The van der Waals surface area contributed by atoms with Gasteiger partial charge in [0.15, 0.2) is 0 Å². The first kappa shape index (κ1) is 16.5. The third-order valence-corrected chi connectivity index (χ3v) is 4.25. The number of anilines is 1. The van der Waals surface area contributed by atoms with E-state index in [-0.39, 0.29) is 5.57 Å². The Morgan fingerprint density at radius 2 is 1.76 bits per heavy atom. The maximum Gasteiger partial charge on any atom is 0.266 e. The molecule has 3 aromatic rings. The van der Waals surface area contributed by atoms with Gasteiger partial charge in [-0.05, 0) is 59.5 Å². The molecule has 0 atom stereocenters. The minimum atomic E-state index is -0.404. The molecule has 3 rings (SSSR count). The Morgan fingerprint density at radius 1 is 1.00 bits per heavy atom. The highest BCUT2D eigenvalue weighted by Crippen LogP contribution is 2.21. The van der Waals surface area contributed by atoms with E-state index in [9.17, 15) is 10.1 Å². The summed E-state index contributed by atoms with van der Waals surface area (Å²) in [5, 5.41) is 14.3. The summed E-state index contributed by atoms with van der Waals surface area (Å²) < 4.78 is 0. The van der Waals surface area contributed by atoms with Crippen molar-refractivity contribution >= 4 is 28.4 Å². The topological polar surface area (TPSA) is 52.9 Å². The molecule has 0 saturated carbocycles. The fourth-order valence-electron chi connectivity index (χ4n) is 2.70. The fraction of sp³-hybridized carbons (Fsp3) is 0.0909. The van der Waals surface area contributed by atoms with Gasteiger partial charge in [0.25, 0.3) is 5.91 Å². The number of benzene rings is 3. The maximum atomic E-state index is 12.5. The first-order valence-electron chi connectivity index (χ1n) is 8.06. The van der Waals surface area contributed by atoms with Crippen molar-refractivity contribution in [1.82, 2.24) is 0 Å². The minimum absolute atomic E-state index is 0.0783. The molecule has 0 aliphatic rings. The monoisotopic (exact) mass is 326 g/mol. The van der Waals surface area contributed by atoms with E-state index in [1.165, 1.54) is 0 Å². The lowest BCUT2D eigenvalue weighted by molar-refractivity contribution is -0.112. The molecular weight excluding hydrogens is 308 g/mol. The third-order valence-electron chi connectivity index (χ3n) is 4.25. The summed E-state index contributed by atoms with van der Waals surface area (Å²) in [4.78, 5) is 12.5. The smallest absolute Gasteiger partial charge is 0.266 e. The molecule has 0 fully saturated rings. The second-order valence-electron chi connectivity index (χ2n) is 5.99. The van der Waals surface area contributed by atoms with Gasteiger partial charge in [0, 0.05) is 5.69 Å². The van der Waals surface area contributed by atoms with E-state index in [1.54, 1.807) is 6.08 Å². The lowest BCUT2D eigenvalue weighted by Crippen LogP contribution is -2.13. The molecular formula is C22H18N2O. The fourth-order valence-corrected chi connectivity index (χ4v) is 2.70. The number of fused-ring (bicyclic) bond motifs is 1. The van der Waals surface area contributed by atoms with E-state index in [0.29, 0.717) is 5.69 Å². The lowest BCUT2D eigenvalue weighted by atomic mass is 10.0. The number of hydrogen-bond donors (Lipinski definition) is 1. The molecule has 1 amide bonds. The van der Waals surface area contributed by atoms with Gasteiger partial charge in [0.05, 0.1) is 0 Å². The second kappa shape index (κ2) is 7.02. The Labute approximate surface area is 147 Å². The molecule has 25 heavy (non-hydrogen) atoms. The molecule has 0 radical (unpaired) electrons. The van der Waals surface area contributed by atoms with Crippen LogP contribution in [0.25, 0.3) is 16.8 Å². The predicted octanol–water partition coefficient (Wildman–Crippen LogP) is 5.00. The van der Waals surface area contributed by atoms with Gasteiger partial charge in [-0.3, -0.25) is 4.79 Å². The minimum Gasteiger partial charge on any atom is -0.321 e. The SMILES string of the molecule is Cc1ccc(NC(=O)C(C#N)=Cc2cccc3ccccc23)cc1C. The van der Waals surface area contributed by atoms with Gasteiger partial charge in [-0.15, -0.1) is 0 Å². The predicted molar refractivity (Wildman–Crippen MR) is 102 cm³/mol. The number of hydrogen-bond acceptors (Lipinski definition) is 2. The van der Waals surface area contributed by atoms with Crippen LogP contribution in [0.2, 0.25) is 0 Å². The van der Waals surface area contributed by atoms with Crippen LogP contribution in [0.1, 0.15) is 16.7 Å². The van der Waals surface area contributed by atoms with Gasteiger partial charge >= 0.3 is 0 Å². The zero-order valence-electron chi connectivity index (χ0n) is 14.2. The number of nitrogens with one attached hydrogen (secondary N) is 1. The van der Waals surface area contributed by atoms with Gasteiger partial charge in [-0.2, -0.15) is 5.26 Å². The van der Waals surface area contributed by atoms with Gasteiger partial charge in [0.2, 0.25) is 0 Å². The first-order chi connectivity index (χ1) is 12.1. The molecule has 122 valence electrons. The van der Waals surface area contributed by atoms with Crippen LogP contribution in [0.3, 0.4) is 0 Å². The third kappa shape index (κ3) is 3.59. The molecule has 1 N–H and O–H groups in total. The van der Waals surface area contributed by atoms with Crippen LogP contribution >= 0.6 is 0 Å². The number of rotatable bonds is 3. The number of amides is 1. The van der Waals surface area contributed by atoms with E-state index in [0.717, 1.165) is 27.5 Å². The van der Waals surface area contributed by atoms with Gasteiger partial charge in [-0.25, -0.2) is 0 Å². The van der Waals surface area contributed by atoms with E-state index in [2.05, 4.69) is 5.32 Å². The second-order valence-corrected chi connectivity index (χ2v) is 5.99. The van der Waals surface area contributed by atoms with Gasteiger partial charge < -0.3 is 5.32 Å². The van der Waals surface area contributed by atoms with Gasteiger partial charge in [0.1, 0.15) is 11.6 Å². The number of carbonyl (C=O) groups excluding carboxylic acids is 1. The lowest BCUT2D eigenvalue weighted by Gasteiger charge is -2.08. The van der Waals surface area contributed by atoms with Crippen molar-refractivity contribution in [1.29, 1.82) is 5.26 Å². The largest absolute Gasteiger partial charge is 0.321 e. The normalized spacial score (nSPS) is 11.2. The highest BCUT2D eigenvalue weighted by Gasteiger charge is 2.11. The summed E-state index contributed by atoms with van der Waals surface area (Å²) in [6.45, 7) is 4.00. The van der Waals surface area contributed by atoms with Crippen LogP contribution in [0, 0.1) is 25.2 Å². The summed E-state index contributed by atoms with van der Waals surface area (Å²) in [6, 6.07) is 21.4. The summed E-state index contributed by atoms with van der Waals surface area (Å²) in [5.41, 5.74) is 3.87. The number of carbonyl (C=O) groups is 1. The quantitative estimate of drug-likeness (QED) is 0.544. The summed E-state index contributed by atoms with van der Waals surface area (Å²) >= 11 is 0. The maximum absolute atomic E-state index is 12.5. The molecule has 3 aromatic carbocycles. The van der Waals surface area contributed by atoms with Crippen LogP contribution in [0.15, 0.2) is 66.2 Å². The Morgan fingerprint density at radius 3 is 2.52 bits per heavy atom. The zero-order chi connectivity index (χ0) is 17.8. The van der Waals surface area contributed by atoms with Crippen molar-refractivity contribution in [3.63, 3.8) is 0 Å². The van der Waals surface area contributed by atoms with E-state index < -0.39 is 5.91 Å². The van der Waals surface area contributed by atoms with Crippen molar-refractivity contribution in [2.24, 2.45) is 0 Å². The van der Waals surface area contributed by atoms with Crippen LogP contribution in [0.5, 0.6) is 0 Å². The van der Waals surface area contributed by atoms with E-state index in [4.69, 9.17) is 0 Å². The van der Waals surface area contributed by atoms with Crippen molar-refractivity contribution in [3.05, 3.63) is 82.9 Å². The molecule has 0 unspecified atom stereocenters. The van der Waals surface area contributed by atoms with Crippen molar-refractivity contribution < 1.29 is 4.79 Å². The Bertz CT molecular complexity index is 1020. The van der Waals surface area contributed by atoms with Crippen LogP contribution in [-0.2, 0) is 4.79 Å². The Hall–Kier alpha value is -3.38.